The van der Waals surface area contributed by atoms with Crippen molar-refractivity contribution in [3.63, 3.8) is 0 Å². The van der Waals surface area contributed by atoms with Gasteiger partial charge in [-0.25, -0.2) is 4.79 Å². The minimum absolute atomic E-state index is 0.176. The fourth-order valence-corrected chi connectivity index (χ4v) is 2.62. The van der Waals surface area contributed by atoms with Gasteiger partial charge in [-0.2, -0.15) is 0 Å². The van der Waals surface area contributed by atoms with E-state index in [1.807, 2.05) is 18.2 Å². The largest absolute Gasteiger partial charge is 0.465 e. The van der Waals surface area contributed by atoms with E-state index in [0.717, 1.165) is 18.5 Å². The van der Waals surface area contributed by atoms with Crippen LogP contribution in [0.15, 0.2) is 30.3 Å². The van der Waals surface area contributed by atoms with Gasteiger partial charge in [0, 0.05) is 6.04 Å². The molecule has 1 aliphatic heterocycles. The lowest BCUT2D eigenvalue weighted by atomic mass is 10.1. The van der Waals surface area contributed by atoms with E-state index in [1.54, 1.807) is 12.1 Å². The Kier molecular flexibility index (Phi) is 4.61. The molecule has 4 heteroatoms. The van der Waals surface area contributed by atoms with Crippen LogP contribution in [-0.4, -0.2) is 43.0 Å². The molecule has 0 amide bonds. The highest BCUT2D eigenvalue weighted by Crippen LogP contribution is 2.23. The average Bonchev–Trinajstić information content (AvgIpc) is 2.75. The summed E-state index contributed by atoms with van der Waals surface area (Å²) in [5.41, 5.74) is 1.62. The Morgan fingerprint density at radius 1 is 1.42 bits per heavy atom. The molecule has 0 unspecified atom stereocenters. The number of benzene rings is 1. The predicted molar refractivity (Wildman–Crippen MR) is 77.5 cm³/mol. The average molecular weight is 280 g/mol. The number of hydrogen-bond donors (Lipinski definition) is 0. The van der Waals surface area contributed by atoms with Gasteiger partial charge in [-0.3, -0.25) is 4.90 Å². The lowest BCUT2D eigenvalue weighted by Gasteiger charge is -2.17. The van der Waals surface area contributed by atoms with Gasteiger partial charge in [0.15, 0.2) is 0 Å². The van der Waals surface area contributed by atoms with Crippen LogP contribution < -0.4 is 0 Å². The smallest absolute Gasteiger partial charge is 0.337 e. The molecule has 0 bridgehead atoms. The van der Waals surface area contributed by atoms with Crippen LogP contribution in [0, 0.1) is 0 Å². The molecule has 1 aromatic rings. The number of hydrogen-bond acceptors (Lipinski definition) is 3. The zero-order chi connectivity index (χ0) is 13.8. The van der Waals surface area contributed by atoms with Crippen LogP contribution in [0.25, 0.3) is 6.08 Å². The minimum Gasteiger partial charge on any atom is -0.465 e. The normalized spacial score (nSPS) is 23.9. The highest BCUT2D eigenvalue weighted by molar-refractivity contribution is 6.21. The summed E-state index contributed by atoms with van der Waals surface area (Å²) in [4.78, 5) is 13.6. The number of likely N-dealkylation sites (N-methyl/N-ethyl adjacent to an activating group) is 1. The van der Waals surface area contributed by atoms with Crippen LogP contribution in [0.4, 0.5) is 0 Å². The molecule has 2 rings (SSSR count). The molecule has 1 aromatic carbocycles. The van der Waals surface area contributed by atoms with Crippen molar-refractivity contribution in [2.24, 2.45) is 0 Å². The number of ether oxygens (including phenoxy) is 1. The van der Waals surface area contributed by atoms with Crippen molar-refractivity contribution < 1.29 is 9.53 Å². The molecule has 0 aromatic heterocycles. The van der Waals surface area contributed by atoms with Crippen molar-refractivity contribution in [2.45, 2.75) is 17.8 Å². The molecule has 19 heavy (non-hydrogen) atoms. The third-order valence-electron chi connectivity index (χ3n) is 3.45. The van der Waals surface area contributed by atoms with E-state index >= 15 is 0 Å². The van der Waals surface area contributed by atoms with Crippen molar-refractivity contribution in [1.82, 2.24) is 4.90 Å². The summed E-state index contributed by atoms with van der Waals surface area (Å²) in [6, 6.07) is 7.62. The zero-order valence-electron chi connectivity index (χ0n) is 11.2. The first-order valence-electron chi connectivity index (χ1n) is 6.32. The third kappa shape index (κ3) is 3.37. The number of nitrogens with zero attached hydrogens (tertiary/aromatic N) is 1. The lowest BCUT2D eigenvalue weighted by Crippen LogP contribution is -2.27. The number of methoxy groups -OCH3 is 1. The first-order chi connectivity index (χ1) is 9.11. The molecular weight excluding hydrogens is 262 g/mol. The van der Waals surface area contributed by atoms with Gasteiger partial charge in [0.2, 0.25) is 0 Å². The number of rotatable bonds is 3. The molecule has 102 valence electrons. The van der Waals surface area contributed by atoms with Crippen molar-refractivity contribution in [2.75, 3.05) is 20.7 Å². The maximum Gasteiger partial charge on any atom is 0.337 e. The van der Waals surface area contributed by atoms with Crippen LogP contribution >= 0.6 is 11.6 Å². The highest BCUT2D eigenvalue weighted by Gasteiger charge is 2.27. The Hall–Kier alpha value is -1.32. The first kappa shape index (κ1) is 14.1. The fourth-order valence-electron chi connectivity index (χ4n) is 2.25. The Morgan fingerprint density at radius 2 is 2.11 bits per heavy atom. The Bertz CT molecular complexity index is 460. The van der Waals surface area contributed by atoms with Crippen LogP contribution in [0.1, 0.15) is 22.3 Å². The number of alkyl halides is 1. The number of likely N-dealkylation sites (tertiary alicyclic amines) is 1. The van der Waals surface area contributed by atoms with Crippen LogP contribution in [0.3, 0.4) is 0 Å². The van der Waals surface area contributed by atoms with Crippen molar-refractivity contribution in [1.29, 1.82) is 0 Å². The van der Waals surface area contributed by atoms with Crippen molar-refractivity contribution in [3.05, 3.63) is 41.5 Å². The van der Waals surface area contributed by atoms with Crippen LogP contribution in [0.2, 0.25) is 0 Å². The van der Waals surface area contributed by atoms with Crippen molar-refractivity contribution >= 4 is 23.6 Å². The molecule has 1 saturated heterocycles. The molecule has 0 aliphatic carbocycles. The predicted octanol–water partition coefficient (Wildman–Crippen LogP) is 2.80. The van der Waals surface area contributed by atoms with Crippen LogP contribution in [0.5, 0.6) is 0 Å². The third-order valence-corrected chi connectivity index (χ3v) is 3.93. The second kappa shape index (κ2) is 6.22. The summed E-state index contributed by atoms with van der Waals surface area (Å²) >= 11 is 6.27. The van der Waals surface area contributed by atoms with E-state index in [-0.39, 0.29) is 17.4 Å². The minimum atomic E-state index is -0.313. The van der Waals surface area contributed by atoms with Gasteiger partial charge >= 0.3 is 5.97 Å². The monoisotopic (exact) mass is 279 g/mol. The van der Waals surface area contributed by atoms with E-state index in [1.165, 1.54) is 7.11 Å². The summed E-state index contributed by atoms with van der Waals surface area (Å²) in [5, 5.41) is 0.176. The summed E-state index contributed by atoms with van der Waals surface area (Å²) < 4.78 is 4.66. The summed E-state index contributed by atoms with van der Waals surface area (Å²) in [6.07, 6.45) is 5.19. The number of carbonyl (C=O) groups is 1. The van der Waals surface area contributed by atoms with E-state index in [9.17, 15) is 4.79 Å². The van der Waals surface area contributed by atoms with Gasteiger partial charge < -0.3 is 4.74 Å². The van der Waals surface area contributed by atoms with Crippen LogP contribution in [-0.2, 0) is 4.74 Å². The standard InChI is InChI=1S/C15H18ClNO2/c1-17-10-9-13(16)14(17)8-5-11-3-6-12(7-4-11)15(18)19-2/h3-8,13-14H,9-10H2,1-2H3/b8-5+/t13-,14+/m1/s1. The Morgan fingerprint density at radius 3 is 2.63 bits per heavy atom. The first-order valence-corrected chi connectivity index (χ1v) is 6.76. The van der Waals surface area contributed by atoms with E-state index in [4.69, 9.17) is 11.6 Å². The molecule has 1 fully saturated rings. The van der Waals surface area contributed by atoms with Crippen molar-refractivity contribution in [3.8, 4) is 0 Å². The van der Waals surface area contributed by atoms with Gasteiger partial charge in [-0.15, -0.1) is 11.6 Å². The van der Waals surface area contributed by atoms with E-state index in [2.05, 4.69) is 22.8 Å². The quantitative estimate of drug-likeness (QED) is 0.629. The SMILES string of the molecule is COC(=O)c1ccc(/C=C/[C@H]2[C@H](Cl)CCN2C)cc1. The second-order valence-electron chi connectivity index (χ2n) is 4.75. The zero-order valence-corrected chi connectivity index (χ0v) is 11.9. The van der Waals surface area contributed by atoms with Gasteiger partial charge in [0.25, 0.3) is 0 Å². The molecule has 0 N–H and O–H groups in total. The maximum atomic E-state index is 11.3. The Balaban J connectivity index is 2.05. The number of esters is 1. The van der Waals surface area contributed by atoms with Gasteiger partial charge in [-0.1, -0.05) is 24.3 Å². The summed E-state index contributed by atoms with van der Waals surface area (Å²) in [6.45, 7) is 1.03. The highest BCUT2D eigenvalue weighted by atomic mass is 35.5. The summed E-state index contributed by atoms with van der Waals surface area (Å²) in [7, 11) is 3.46. The van der Waals surface area contributed by atoms with Gasteiger partial charge in [-0.05, 0) is 37.7 Å². The Labute approximate surface area is 118 Å². The molecule has 1 heterocycles. The molecule has 0 radical (unpaired) electrons. The van der Waals surface area contributed by atoms with Gasteiger partial charge in [0.1, 0.15) is 0 Å². The molecule has 2 atom stereocenters. The topological polar surface area (TPSA) is 29.5 Å². The molecule has 0 saturated carbocycles. The molecule has 0 spiro atoms. The second-order valence-corrected chi connectivity index (χ2v) is 5.31. The fraction of sp³-hybridized carbons (Fsp3) is 0.400. The number of carbonyl (C=O) groups excluding carboxylic acids is 1. The summed E-state index contributed by atoms with van der Waals surface area (Å²) in [5.74, 6) is -0.313. The molecule has 3 nitrogen and oxygen atoms in total. The maximum absolute atomic E-state index is 11.3. The molecule has 1 aliphatic rings. The lowest BCUT2D eigenvalue weighted by molar-refractivity contribution is 0.0601. The van der Waals surface area contributed by atoms with Gasteiger partial charge in [0.05, 0.1) is 18.1 Å². The van der Waals surface area contributed by atoms with E-state index in [0.29, 0.717) is 5.56 Å². The molecular formula is C15H18ClNO2. The number of halogens is 1. The van der Waals surface area contributed by atoms with E-state index < -0.39 is 0 Å².